The molecule has 1 amide bonds. The van der Waals surface area contributed by atoms with E-state index in [0.717, 1.165) is 5.56 Å². The number of hydrogen-bond acceptors (Lipinski definition) is 6. The fourth-order valence-electron chi connectivity index (χ4n) is 2.49. The summed E-state index contributed by atoms with van der Waals surface area (Å²) in [6, 6.07) is 13.8. The lowest BCUT2D eigenvalue weighted by Crippen LogP contribution is -2.13. The Hall–Kier alpha value is -3.13. The van der Waals surface area contributed by atoms with Crippen molar-refractivity contribution in [2.45, 2.75) is 26.2 Å². The molecular formula is C19H18N4O3S. The number of aromatic nitrogens is 2. The van der Waals surface area contributed by atoms with Gasteiger partial charge in [0.25, 0.3) is 11.6 Å². The molecule has 3 rings (SSSR count). The molecular weight excluding hydrogens is 364 g/mol. The second-order valence-corrected chi connectivity index (χ2v) is 7.95. The maximum Gasteiger partial charge on any atom is 0.282 e. The van der Waals surface area contributed by atoms with E-state index in [1.807, 2.05) is 24.3 Å². The standard InChI is InChI=1S/C19H18N4O3S/c1-19(2,3)13-10-8-12(9-11-13)17-21-22-18(27-17)20-16(24)14-6-4-5-7-15(14)23(25)26/h4-11H,1-3H3,(H,20,22,24). The molecule has 0 spiro atoms. The van der Waals surface area contributed by atoms with Gasteiger partial charge in [-0.15, -0.1) is 10.2 Å². The number of rotatable bonds is 4. The first-order valence-corrected chi connectivity index (χ1v) is 9.06. The van der Waals surface area contributed by atoms with Crippen LogP contribution < -0.4 is 5.32 Å². The van der Waals surface area contributed by atoms with Crippen LogP contribution in [0.25, 0.3) is 10.6 Å². The number of anilines is 1. The van der Waals surface area contributed by atoms with E-state index in [0.29, 0.717) is 5.01 Å². The van der Waals surface area contributed by atoms with E-state index < -0.39 is 10.8 Å². The van der Waals surface area contributed by atoms with Crippen LogP contribution >= 0.6 is 11.3 Å². The highest BCUT2D eigenvalue weighted by Gasteiger charge is 2.20. The zero-order valence-electron chi connectivity index (χ0n) is 15.1. The predicted octanol–water partition coefficient (Wildman–Crippen LogP) is 4.66. The van der Waals surface area contributed by atoms with Gasteiger partial charge >= 0.3 is 0 Å². The van der Waals surface area contributed by atoms with Gasteiger partial charge in [-0.05, 0) is 17.0 Å². The first kappa shape index (κ1) is 18.7. The molecule has 2 aromatic carbocycles. The van der Waals surface area contributed by atoms with Crippen LogP contribution in [-0.4, -0.2) is 21.0 Å². The summed E-state index contributed by atoms with van der Waals surface area (Å²) in [5.41, 5.74) is 1.89. The molecule has 0 aliphatic carbocycles. The molecule has 0 saturated carbocycles. The Morgan fingerprint density at radius 2 is 1.74 bits per heavy atom. The van der Waals surface area contributed by atoms with Gasteiger partial charge in [-0.1, -0.05) is 68.5 Å². The number of nitro groups is 1. The van der Waals surface area contributed by atoms with Crippen molar-refractivity contribution in [1.29, 1.82) is 0 Å². The van der Waals surface area contributed by atoms with Gasteiger partial charge in [0.1, 0.15) is 10.6 Å². The highest BCUT2D eigenvalue weighted by atomic mass is 32.1. The lowest BCUT2D eigenvalue weighted by atomic mass is 9.87. The van der Waals surface area contributed by atoms with Gasteiger partial charge < -0.3 is 0 Å². The number of benzene rings is 2. The van der Waals surface area contributed by atoms with Gasteiger partial charge in [0.2, 0.25) is 5.13 Å². The van der Waals surface area contributed by atoms with E-state index in [4.69, 9.17) is 0 Å². The minimum Gasteiger partial charge on any atom is -0.296 e. The van der Waals surface area contributed by atoms with Crippen LogP contribution in [0, 0.1) is 10.1 Å². The summed E-state index contributed by atoms with van der Waals surface area (Å²) < 4.78 is 0. The smallest absolute Gasteiger partial charge is 0.282 e. The van der Waals surface area contributed by atoms with E-state index in [2.05, 4.69) is 36.3 Å². The summed E-state index contributed by atoms with van der Waals surface area (Å²) >= 11 is 1.21. The van der Waals surface area contributed by atoms with E-state index in [1.165, 1.54) is 35.1 Å². The van der Waals surface area contributed by atoms with Gasteiger partial charge in [0, 0.05) is 11.6 Å². The minimum absolute atomic E-state index is 0.0196. The highest BCUT2D eigenvalue weighted by Crippen LogP contribution is 2.30. The molecule has 0 radical (unpaired) electrons. The van der Waals surface area contributed by atoms with E-state index in [1.54, 1.807) is 6.07 Å². The summed E-state index contributed by atoms with van der Waals surface area (Å²) in [4.78, 5) is 22.8. The van der Waals surface area contributed by atoms with Crippen LogP contribution in [0.15, 0.2) is 48.5 Å². The maximum absolute atomic E-state index is 12.4. The summed E-state index contributed by atoms with van der Waals surface area (Å²) in [6.45, 7) is 6.43. The number of nitrogens with zero attached hydrogens (tertiary/aromatic N) is 3. The second-order valence-electron chi connectivity index (χ2n) is 6.97. The minimum atomic E-state index is -0.590. The molecule has 0 atom stereocenters. The van der Waals surface area contributed by atoms with Crippen molar-refractivity contribution in [2.24, 2.45) is 0 Å². The number of carbonyl (C=O) groups excluding carboxylic acids is 1. The molecule has 0 saturated heterocycles. The lowest BCUT2D eigenvalue weighted by molar-refractivity contribution is -0.385. The third-order valence-corrected chi connectivity index (χ3v) is 4.88. The van der Waals surface area contributed by atoms with Gasteiger partial charge in [0.15, 0.2) is 0 Å². The molecule has 3 aromatic rings. The molecule has 0 unspecified atom stereocenters. The molecule has 27 heavy (non-hydrogen) atoms. The van der Waals surface area contributed by atoms with Crippen LogP contribution in [0.2, 0.25) is 0 Å². The van der Waals surface area contributed by atoms with Gasteiger partial charge in [0.05, 0.1) is 4.92 Å². The van der Waals surface area contributed by atoms with Crippen LogP contribution in [0.1, 0.15) is 36.7 Å². The van der Waals surface area contributed by atoms with E-state index >= 15 is 0 Å². The number of hydrogen-bond donors (Lipinski definition) is 1. The monoisotopic (exact) mass is 382 g/mol. The van der Waals surface area contributed by atoms with Crippen LogP contribution in [0.4, 0.5) is 10.8 Å². The molecule has 1 heterocycles. The van der Waals surface area contributed by atoms with Crippen LogP contribution in [0.5, 0.6) is 0 Å². The highest BCUT2D eigenvalue weighted by molar-refractivity contribution is 7.18. The Labute approximate surface area is 160 Å². The number of nitrogens with one attached hydrogen (secondary N) is 1. The number of amides is 1. The van der Waals surface area contributed by atoms with Crippen molar-refractivity contribution in [3.8, 4) is 10.6 Å². The van der Waals surface area contributed by atoms with Crippen molar-refractivity contribution < 1.29 is 9.72 Å². The number of carbonyl (C=O) groups is 1. The maximum atomic E-state index is 12.4. The van der Waals surface area contributed by atoms with Crippen LogP contribution in [0.3, 0.4) is 0 Å². The first-order chi connectivity index (χ1) is 12.8. The number of nitro benzene ring substituents is 1. The lowest BCUT2D eigenvalue weighted by Gasteiger charge is -2.18. The molecule has 0 fully saturated rings. The van der Waals surface area contributed by atoms with Gasteiger partial charge in [-0.3, -0.25) is 20.2 Å². The van der Waals surface area contributed by atoms with E-state index in [9.17, 15) is 14.9 Å². The summed E-state index contributed by atoms with van der Waals surface area (Å²) in [6.07, 6.45) is 0. The Morgan fingerprint density at radius 1 is 1.07 bits per heavy atom. The van der Waals surface area contributed by atoms with Crippen molar-refractivity contribution in [3.63, 3.8) is 0 Å². The van der Waals surface area contributed by atoms with Gasteiger partial charge in [-0.2, -0.15) is 0 Å². The summed E-state index contributed by atoms with van der Waals surface area (Å²) in [7, 11) is 0. The Bertz CT molecular complexity index is 991. The average Bonchev–Trinajstić information content (AvgIpc) is 3.09. The summed E-state index contributed by atoms with van der Waals surface area (Å²) in [5.74, 6) is -0.590. The summed E-state index contributed by atoms with van der Waals surface area (Å²) in [5, 5.41) is 22.7. The van der Waals surface area contributed by atoms with Gasteiger partial charge in [-0.25, -0.2) is 0 Å². The van der Waals surface area contributed by atoms with Crippen molar-refractivity contribution in [2.75, 3.05) is 5.32 Å². The Morgan fingerprint density at radius 3 is 2.37 bits per heavy atom. The molecule has 0 bridgehead atoms. The molecule has 0 aliphatic heterocycles. The predicted molar refractivity (Wildman–Crippen MR) is 105 cm³/mol. The third kappa shape index (κ3) is 4.17. The molecule has 8 heteroatoms. The molecule has 1 N–H and O–H groups in total. The van der Waals surface area contributed by atoms with E-state index in [-0.39, 0.29) is 21.8 Å². The quantitative estimate of drug-likeness (QED) is 0.522. The largest absolute Gasteiger partial charge is 0.296 e. The molecule has 0 aliphatic rings. The third-order valence-electron chi connectivity index (χ3n) is 3.99. The normalized spacial score (nSPS) is 11.2. The van der Waals surface area contributed by atoms with Crippen molar-refractivity contribution >= 4 is 28.1 Å². The van der Waals surface area contributed by atoms with Crippen molar-refractivity contribution in [3.05, 3.63) is 69.8 Å². The average molecular weight is 382 g/mol. The molecule has 138 valence electrons. The SMILES string of the molecule is CC(C)(C)c1ccc(-c2nnc(NC(=O)c3ccccc3[N+](=O)[O-])s2)cc1. The van der Waals surface area contributed by atoms with Crippen molar-refractivity contribution in [1.82, 2.24) is 10.2 Å². The molecule has 7 nitrogen and oxygen atoms in total. The fourth-order valence-corrected chi connectivity index (χ4v) is 3.24. The fraction of sp³-hybridized carbons (Fsp3) is 0.211. The van der Waals surface area contributed by atoms with Crippen LogP contribution in [-0.2, 0) is 5.41 Å². The zero-order valence-corrected chi connectivity index (χ0v) is 15.9. The second kappa shape index (κ2) is 7.24. The topological polar surface area (TPSA) is 98.0 Å². The zero-order chi connectivity index (χ0) is 19.6. The Kier molecular flexibility index (Phi) is 5.00. The number of para-hydroxylation sites is 1. The molecule has 1 aromatic heterocycles. The Balaban J connectivity index is 1.79. The first-order valence-electron chi connectivity index (χ1n) is 8.25.